The van der Waals surface area contributed by atoms with Gasteiger partial charge in [0.2, 0.25) is 0 Å². The molecule has 94 valence electrons. The summed E-state index contributed by atoms with van der Waals surface area (Å²) in [7, 11) is 0. The van der Waals surface area contributed by atoms with E-state index in [0.717, 1.165) is 31.1 Å². The van der Waals surface area contributed by atoms with Crippen molar-refractivity contribution in [1.29, 1.82) is 0 Å². The van der Waals surface area contributed by atoms with E-state index in [0.29, 0.717) is 0 Å². The molecule has 0 radical (unpaired) electrons. The van der Waals surface area contributed by atoms with Gasteiger partial charge in [0.25, 0.3) is 0 Å². The highest BCUT2D eigenvalue weighted by molar-refractivity contribution is 5.80. The molecule has 1 aliphatic heterocycles. The lowest BCUT2D eigenvalue weighted by atomic mass is 10.0. The average molecular weight is 244 g/mol. The van der Waals surface area contributed by atoms with Crippen LogP contribution in [0.3, 0.4) is 0 Å². The largest absolute Gasteiger partial charge is 0.490 e. The summed E-state index contributed by atoms with van der Waals surface area (Å²) >= 11 is 0. The Morgan fingerprint density at radius 2 is 2.22 bits per heavy atom. The van der Waals surface area contributed by atoms with Gasteiger partial charge in [0.15, 0.2) is 0 Å². The number of ether oxygens (including phenoxy) is 1. The Kier molecular flexibility index (Phi) is 4.18. The minimum Gasteiger partial charge on any atom is -0.490 e. The van der Waals surface area contributed by atoms with Crippen LogP contribution in [0.4, 0.5) is 0 Å². The summed E-state index contributed by atoms with van der Waals surface area (Å²) in [6.07, 6.45) is 9.37. The second-order valence-corrected chi connectivity index (χ2v) is 4.25. The molecule has 18 heavy (non-hydrogen) atoms. The molecule has 2 rings (SSSR count). The molecule has 0 fully saturated rings. The number of aliphatic carboxylic acids is 1. The number of hydrogen-bond donors (Lipinski definition) is 1. The van der Waals surface area contributed by atoms with E-state index in [4.69, 9.17) is 9.84 Å². The van der Waals surface area contributed by atoms with Crippen molar-refractivity contribution in [3.05, 3.63) is 54.1 Å². The van der Waals surface area contributed by atoms with Crippen molar-refractivity contribution in [2.24, 2.45) is 0 Å². The third-order valence-corrected chi connectivity index (χ3v) is 2.89. The number of rotatable bonds is 4. The summed E-state index contributed by atoms with van der Waals surface area (Å²) in [5.74, 6) is 0.0470. The smallest absolute Gasteiger partial charge is 0.328 e. The minimum atomic E-state index is -0.928. The first kappa shape index (κ1) is 12.4. The van der Waals surface area contributed by atoms with Crippen LogP contribution in [0.5, 0.6) is 5.75 Å². The van der Waals surface area contributed by atoms with Crippen molar-refractivity contribution < 1.29 is 14.6 Å². The van der Waals surface area contributed by atoms with Gasteiger partial charge in [-0.2, -0.15) is 0 Å². The van der Waals surface area contributed by atoms with E-state index < -0.39 is 5.97 Å². The van der Waals surface area contributed by atoms with Crippen LogP contribution in [0.1, 0.15) is 18.4 Å². The number of benzene rings is 1. The molecule has 3 heteroatoms. The quantitative estimate of drug-likeness (QED) is 0.654. The molecular formula is C15H16O3. The van der Waals surface area contributed by atoms with E-state index >= 15 is 0 Å². The highest BCUT2D eigenvalue weighted by Crippen LogP contribution is 2.28. The molecule has 1 unspecified atom stereocenters. The standard InChI is InChI=1S/C15H16O3/c16-15(17)9-3-1-2-7-13-11-10-12-6-4-5-8-14(12)18-13/h1-6,8-9,13H,7,10-11H2,(H,16,17). The Hall–Kier alpha value is -2.03. The molecule has 0 saturated carbocycles. The van der Waals surface area contributed by atoms with Crippen molar-refractivity contribution in [1.82, 2.24) is 0 Å². The van der Waals surface area contributed by atoms with Crippen LogP contribution in [0.25, 0.3) is 0 Å². The van der Waals surface area contributed by atoms with Crippen molar-refractivity contribution in [2.45, 2.75) is 25.4 Å². The first-order valence-corrected chi connectivity index (χ1v) is 6.06. The molecule has 1 atom stereocenters. The maximum absolute atomic E-state index is 10.3. The number of aryl methyl sites for hydroxylation is 1. The van der Waals surface area contributed by atoms with Crippen molar-refractivity contribution in [2.75, 3.05) is 0 Å². The third kappa shape index (κ3) is 3.48. The van der Waals surface area contributed by atoms with Crippen LogP contribution in [0.15, 0.2) is 48.6 Å². The molecule has 0 bridgehead atoms. The zero-order valence-electron chi connectivity index (χ0n) is 10.1. The summed E-state index contributed by atoms with van der Waals surface area (Å²) in [6.45, 7) is 0. The summed E-state index contributed by atoms with van der Waals surface area (Å²) in [4.78, 5) is 10.3. The zero-order valence-corrected chi connectivity index (χ0v) is 10.1. The molecule has 1 N–H and O–H groups in total. The Bertz CT molecular complexity index is 474. The lowest BCUT2D eigenvalue weighted by Gasteiger charge is -2.25. The fraction of sp³-hybridized carbons (Fsp3) is 0.267. The minimum absolute atomic E-state index is 0.189. The van der Waals surface area contributed by atoms with Crippen LogP contribution >= 0.6 is 0 Å². The lowest BCUT2D eigenvalue weighted by molar-refractivity contribution is -0.131. The number of fused-ring (bicyclic) bond motifs is 1. The van der Waals surface area contributed by atoms with E-state index in [2.05, 4.69) is 6.07 Å². The predicted molar refractivity (Wildman–Crippen MR) is 69.7 cm³/mol. The molecule has 1 aromatic rings. The maximum atomic E-state index is 10.3. The van der Waals surface area contributed by atoms with Crippen molar-refractivity contribution >= 4 is 5.97 Å². The average Bonchev–Trinajstić information content (AvgIpc) is 2.38. The number of hydrogen-bond acceptors (Lipinski definition) is 2. The Morgan fingerprint density at radius 3 is 3.06 bits per heavy atom. The van der Waals surface area contributed by atoms with E-state index in [-0.39, 0.29) is 6.10 Å². The van der Waals surface area contributed by atoms with Crippen molar-refractivity contribution in [3.8, 4) is 5.75 Å². The SMILES string of the molecule is O=C(O)C=CC=CCC1CCc2ccccc2O1. The van der Waals surface area contributed by atoms with Gasteiger partial charge in [-0.1, -0.05) is 36.4 Å². The van der Waals surface area contributed by atoms with Gasteiger partial charge in [-0.25, -0.2) is 4.79 Å². The van der Waals surface area contributed by atoms with Crippen LogP contribution in [-0.4, -0.2) is 17.2 Å². The topological polar surface area (TPSA) is 46.5 Å². The molecule has 1 aromatic carbocycles. The van der Waals surface area contributed by atoms with Gasteiger partial charge in [0.05, 0.1) is 0 Å². The van der Waals surface area contributed by atoms with Crippen LogP contribution in [0, 0.1) is 0 Å². The van der Waals surface area contributed by atoms with Crippen molar-refractivity contribution in [3.63, 3.8) is 0 Å². The summed E-state index contributed by atoms with van der Waals surface area (Å²) in [6, 6.07) is 8.10. The fourth-order valence-electron chi connectivity index (χ4n) is 1.99. The number of para-hydroxylation sites is 1. The fourth-order valence-corrected chi connectivity index (χ4v) is 1.99. The zero-order chi connectivity index (χ0) is 12.8. The molecule has 1 heterocycles. The summed E-state index contributed by atoms with van der Waals surface area (Å²) < 4.78 is 5.87. The second kappa shape index (κ2) is 6.05. The molecule has 0 spiro atoms. The van der Waals surface area contributed by atoms with Gasteiger partial charge in [-0.15, -0.1) is 0 Å². The third-order valence-electron chi connectivity index (χ3n) is 2.89. The lowest BCUT2D eigenvalue weighted by Crippen LogP contribution is -2.21. The highest BCUT2D eigenvalue weighted by Gasteiger charge is 2.17. The van der Waals surface area contributed by atoms with Gasteiger partial charge in [-0.05, 0) is 24.5 Å². The Morgan fingerprint density at radius 1 is 1.39 bits per heavy atom. The molecule has 1 aliphatic rings. The molecule has 0 aliphatic carbocycles. The van der Waals surface area contributed by atoms with E-state index in [1.165, 1.54) is 11.6 Å². The molecular weight excluding hydrogens is 228 g/mol. The molecule has 0 saturated heterocycles. The number of carbonyl (C=O) groups is 1. The number of allylic oxidation sites excluding steroid dienone is 2. The Balaban J connectivity index is 1.85. The Labute approximate surface area is 106 Å². The van der Waals surface area contributed by atoms with Gasteiger partial charge in [0, 0.05) is 12.5 Å². The van der Waals surface area contributed by atoms with Gasteiger partial charge in [0.1, 0.15) is 11.9 Å². The van der Waals surface area contributed by atoms with Gasteiger partial charge in [-0.3, -0.25) is 0 Å². The maximum Gasteiger partial charge on any atom is 0.328 e. The first-order valence-electron chi connectivity index (χ1n) is 6.06. The van der Waals surface area contributed by atoms with Gasteiger partial charge < -0.3 is 9.84 Å². The molecule has 0 aromatic heterocycles. The number of carboxylic acids is 1. The van der Waals surface area contributed by atoms with Gasteiger partial charge >= 0.3 is 5.97 Å². The highest BCUT2D eigenvalue weighted by atomic mass is 16.5. The van der Waals surface area contributed by atoms with E-state index in [9.17, 15) is 4.79 Å². The van der Waals surface area contributed by atoms with Crippen LogP contribution in [-0.2, 0) is 11.2 Å². The summed E-state index contributed by atoms with van der Waals surface area (Å²) in [5.41, 5.74) is 1.27. The van der Waals surface area contributed by atoms with Crippen LogP contribution < -0.4 is 4.74 Å². The predicted octanol–water partition coefficient (Wildman–Crippen LogP) is 2.97. The van der Waals surface area contributed by atoms with E-state index in [1.807, 2.05) is 24.3 Å². The number of carboxylic acid groups (broad SMARTS) is 1. The normalized spacial score (nSPS) is 18.8. The summed E-state index contributed by atoms with van der Waals surface area (Å²) in [5, 5.41) is 8.43. The molecule has 3 nitrogen and oxygen atoms in total. The second-order valence-electron chi connectivity index (χ2n) is 4.25. The van der Waals surface area contributed by atoms with Crippen LogP contribution in [0.2, 0.25) is 0 Å². The first-order chi connectivity index (χ1) is 8.75. The molecule has 0 amide bonds. The monoisotopic (exact) mass is 244 g/mol. The van der Waals surface area contributed by atoms with E-state index in [1.54, 1.807) is 6.08 Å².